The molecule has 10 heteroatoms. The van der Waals surface area contributed by atoms with Gasteiger partial charge in [-0.1, -0.05) is 29.8 Å². The minimum absolute atomic E-state index is 0.0571. The number of amides is 1. The van der Waals surface area contributed by atoms with E-state index >= 15 is 0 Å². The van der Waals surface area contributed by atoms with Crippen molar-refractivity contribution in [3.63, 3.8) is 0 Å². The number of carbonyl (C=O) groups excluding carboxylic acids is 2. The monoisotopic (exact) mass is 545 g/mol. The van der Waals surface area contributed by atoms with E-state index in [9.17, 15) is 14.0 Å². The molecule has 0 bridgehead atoms. The Kier molecular flexibility index (Phi) is 7.42. The van der Waals surface area contributed by atoms with Crippen molar-refractivity contribution >= 4 is 40.6 Å². The molecular weight excluding hydrogens is 525 g/mol. The number of hydrazone groups is 1. The zero-order valence-electron chi connectivity index (χ0n) is 20.5. The molecule has 0 aliphatic rings. The summed E-state index contributed by atoms with van der Waals surface area (Å²) in [6, 6.07) is 19.1. The van der Waals surface area contributed by atoms with Crippen LogP contribution in [0.2, 0.25) is 5.02 Å². The molecule has 0 fully saturated rings. The van der Waals surface area contributed by atoms with Gasteiger partial charge in [0.15, 0.2) is 11.5 Å². The maximum atomic E-state index is 14.1. The van der Waals surface area contributed by atoms with Gasteiger partial charge in [-0.25, -0.2) is 14.6 Å². The molecule has 0 atom stereocenters. The van der Waals surface area contributed by atoms with E-state index in [1.807, 2.05) is 0 Å². The van der Waals surface area contributed by atoms with Crippen LogP contribution in [-0.2, 0) is 0 Å². The molecule has 1 amide bonds. The molecule has 3 aromatic carbocycles. The maximum Gasteiger partial charge on any atom is 0.379 e. The minimum atomic E-state index is -0.665. The molecular formula is C29H21ClFN3O5. The summed E-state index contributed by atoms with van der Waals surface area (Å²) < 4.78 is 30.1. The van der Waals surface area contributed by atoms with Gasteiger partial charge in [-0.3, -0.25) is 4.79 Å². The number of benzene rings is 3. The number of aromatic amines is 1. The Labute approximate surface area is 227 Å². The Morgan fingerprint density at radius 2 is 1.92 bits per heavy atom. The van der Waals surface area contributed by atoms with Gasteiger partial charge >= 0.3 is 5.97 Å². The Morgan fingerprint density at radius 3 is 2.69 bits per heavy atom. The number of H-pyrrole nitrogens is 1. The van der Waals surface area contributed by atoms with E-state index in [0.29, 0.717) is 45.0 Å². The summed E-state index contributed by atoms with van der Waals surface area (Å²) in [7, 11) is 0. The first-order valence-corrected chi connectivity index (χ1v) is 12.2. The molecule has 2 heterocycles. The van der Waals surface area contributed by atoms with E-state index in [4.69, 9.17) is 25.5 Å². The van der Waals surface area contributed by atoms with Crippen LogP contribution in [0.1, 0.15) is 33.5 Å². The van der Waals surface area contributed by atoms with Crippen molar-refractivity contribution in [2.24, 2.45) is 5.10 Å². The average Bonchev–Trinajstić information content (AvgIpc) is 3.59. The molecule has 0 unspecified atom stereocenters. The fraction of sp³-hybridized carbons (Fsp3) is 0.0690. The molecule has 39 heavy (non-hydrogen) atoms. The van der Waals surface area contributed by atoms with Gasteiger partial charge in [0.25, 0.3) is 5.91 Å². The van der Waals surface area contributed by atoms with Gasteiger partial charge < -0.3 is 18.9 Å². The molecule has 2 N–H and O–H groups in total. The first-order valence-electron chi connectivity index (χ1n) is 11.9. The molecule has 0 saturated carbocycles. The summed E-state index contributed by atoms with van der Waals surface area (Å²) in [5, 5.41) is 4.99. The minimum Gasteiger partial charge on any atom is -0.490 e. The summed E-state index contributed by atoms with van der Waals surface area (Å²) in [5.41, 5.74) is 4.85. The lowest BCUT2D eigenvalue weighted by Crippen LogP contribution is -2.19. The highest BCUT2D eigenvalue weighted by molar-refractivity contribution is 6.34. The average molecular weight is 546 g/mol. The van der Waals surface area contributed by atoms with Gasteiger partial charge in [0.2, 0.25) is 5.76 Å². The molecule has 5 rings (SSSR count). The normalized spacial score (nSPS) is 11.2. The number of nitrogens with one attached hydrogen (secondary N) is 2. The quantitative estimate of drug-likeness (QED) is 0.0988. The summed E-state index contributed by atoms with van der Waals surface area (Å²) in [5.74, 6) is -1.08. The molecule has 0 radical (unpaired) electrons. The summed E-state index contributed by atoms with van der Waals surface area (Å²) in [6.07, 6.45) is 2.79. The van der Waals surface area contributed by atoms with Crippen molar-refractivity contribution in [3.05, 3.63) is 107 Å². The molecule has 0 saturated heterocycles. The van der Waals surface area contributed by atoms with Gasteiger partial charge in [0.05, 0.1) is 19.1 Å². The van der Waals surface area contributed by atoms with Crippen molar-refractivity contribution in [1.82, 2.24) is 10.4 Å². The fourth-order valence-corrected chi connectivity index (χ4v) is 4.23. The van der Waals surface area contributed by atoms with Crippen LogP contribution in [0, 0.1) is 5.82 Å². The Hall–Kier alpha value is -4.89. The standard InChI is InChI=1S/C29H21ClFN3O5/c1-2-37-25-14-17(9-12-23(25)39-29(36)24-8-5-13-38-24)16-32-34-28(35)27-26(19-6-3-4-7-21(19)30)20-15-18(31)10-11-22(20)33-27/h3-16,33H,2H2,1H3,(H,34,35). The second-order valence-electron chi connectivity index (χ2n) is 8.25. The molecule has 2 aromatic heterocycles. The van der Waals surface area contributed by atoms with Gasteiger partial charge in [0, 0.05) is 27.1 Å². The van der Waals surface area contributed by atoms with E-state index in [-0.39, 0.29) is 17.2 Å². The predicted molar refractivity (Wildman–Crippen MR) is 145 cm³/mol. The lowest BCUT2D eigenvalue weighted by Gasteiger charge is -2.10. The van der Waals surface area contributed by atoms with Crippen LogP contribution in [0.4, 0.5) is 4.39 Å². The van der Waals surface area contributed by atoms with E-state index in [2.05, 4.69) is 15.5 Å². The van der Waals surface area contributed by atoms with Crippen molar-refractivity contribution in [2.45, 2.75) is 6.92 Å². The highest BCUT2D eigenvalue weighted by Gasteiger charge is 2.21. The largest absolute Gasteiger partial charge is 0.490 e. The number of furan rings is 1. The van der Waals surface area contributed by atoms with E-state index < -0.39 is 17.7 Å². The van der Waals surface area contributed by atoms with E-state index in [1.54, 1.807) is 61.5 Å². The number of nitrogens with zero attached hydrogens (tertiary/aromatic N) is 1. The number of halogens is 2. The number of hydrogen-bond acceptors (Lipinski definition) is 6. The Morgan fingerprint density at radius 1 is 1.08 bits per heavy atom. The van der Waals surface area contributed by atoms with Crippen LogP contribution < -0.4 is 14.9 Å². The van der Waals surface area contributed by atoms with Gasteiger partial charge in [-0.05, 0) is 67.1 Å². The highest BCUT2D eigenvalue weighted by Crippen LogP contribution is 2.37. The molecule has 0 aliphatic carbocycles. The lowest BCUT2D eigenvalue weighted by molar-refractivity contribution is 0.0695. The summed E-state index contributed by atoms with van der Waals surface area (Å²) in [6.45, 7) is 2.12. The number of hydrogen-bond donors (Lipinski definition) is 2. The second-order valence-corrected chi connectivity index (χ2v) is 8.66. The lowest BCUT2D eigenvalue weighted by atomic mass is 10.0. The zero-order valence-corrected chi connectivity index (χ0v) is 21.3. The number of rotatable bonds is 8. The number of ether oxygens (including phenoxy) is 2. The third-order valence-corrected chi connectivity index (χ3v) is 6.03. The van der Waals surface area contributed by atoms with Crippen molar-refractivity contribution in [3.8, 4) is 22.6 Å². The molecule has 5 aromatic rings. The predicted octanol–water partition coefficient (Wildman–Crippen LogP) is 6.60. The van der Waals surface area contributed by atoms with E-state index in [0.717, 1.165) is 0 Å². The smallest absolute Gasteiger partial charge is 0.379 e. The number of esters is 1. The third kappa shape index (κ3) is 5.53. The van der Waals surface area contributed by atoms with Crippen molar-refractivity contribution in [2.75, 3.05) is 6.61 Å². The maximum absolute atomic E-state index is 14.1. The van der Waals surface area contributed by atoms with Crippen LogP contribution >= 0.6 is 11.6 Å². The number of aromatic nitrogens is 1. The Bertz CT molecular complexity index is 1690. The molecule has 8 nitrogen and oxygen atoms in total. The van der Waals surface area contributed by atoms with E-state index in [1.165, 1.54) is 30.7 Å². The highest BCUT2D eigenvalue weighted by atomic mass is 35.5. The Balaban J connectivity index is 1.39. The van der Waals surface area contributed by atoms with Crippen LogP contribution in [0.3, 0.4) is 0 Å². The zero-order chi connectivity index (χ0) is 27.4. The SMILES string of the molecule is CCOc1cc(C=NNC(=O)c2[nH]c3ccc(F)cc3c2-c2ccccc2Cl)ccc1OC(=O)c1ccco1. The van der Waals surface area contributed by atoms with Crippen LogP contribution in [0.15, 0.2) is 88.6 Å². The van der Waals surface area contributed by atoms with Crippen molar-refractivity contribution < 1.29 is 27.9 Å². The molecule has 196 valence electrons. The second kappa shape index (κ2) is 11.2. The molecule has 0 spiro atoms. The van der Waals surface area contributed by atoms with Gasteiger partial charge in [-0.2, -0.15) is 5.10 Å². The van der Waals surface area contributed by atoms with Crippen LogP contribution in [0.5, 0.6) is 11.5 Å². The van der Waals surface area contributed by atoms with Crippen LogP contribution in [-0.4, -0.2) is 29.7 Å². The topological polar surface area (TPSA) is 106 Å². The summed E-state index contributed by atoms with van der Waals surface area (Å²) in [4.78, 5) is 28.5. The first-order chi connectivity index (χ1) is 18.9. The number of carbonyl (C=O) groups is 2. The van der Waals surface area contributed by atoms with Gasteiger partial charge in [-0.15, -0.1) is 0 Å². The molecule has 0 aliphatic heterocycles. The van der Waals surface area contributed by atoms with Crippen LogP contribution in [0.25, 0.3) is 22.0 Å². The number of fused-ring (bicyclic) bond motifs is 1. The first kappa shape index (κ1) is 25.7. The fourth-order valence-electron chi connectivity index (χ4n) is 4.00. The third-order valence-electron chi connectivity index (χ3n) is 5.70. The summed E-state index contributed by atoms with van der Waals surface area (Å²) >= 11 is 6.41. The van der Waals surface area contributed by atoms with Gasteiger partial charge in [0.1, 0.15) is 11.5 Å². The van der Waals surface area contributed by atoms with Crippen molar-refractivity contribution in [1.29, 1.82) is 0 Å².